The molecule has 0 aromatic carbocycles. The lowest BCUT2D eigenvalue weighted by atomic mass is 10.1. The highest BCUT2D eigenvalue weighted by atomic mass is 32.1. The van der Waals surface area contributed by atoms with Gasteiger partial charge in [0.2, 0.25) is 0 Å². The number of nitriles is 1. The summed E-state index contributed by atoms with van der Waals surface area (Å²) in [5, 5.41) is 36.2. The molecular formula is C13H12N2O8S. The second-order valence-corrected chi connectivity index (χ2v) is 5.40. The van der Waals surface area contributed by atoms with E-state index in [0.29, 0.717) is 11.3 Å². The van der Waals surface area contributed by atoms with Crippen molar-refractivity contribution in [3.05, 3.63) is 16.0 Å². The third kappa shape index (κ3) is 4.43. The number of hydrogen-bond donors (Lipinski definition) is 3. The summed E-state index contributed by atoms with van der Waals surface area (Å²) in [4.78, 5) is 45.2. The zero-order chi connectivity index (χ0) is 18.4. The largest absolute Gasteiger partial charge is 0.481 e. The van der Waals surface area contributed by atoms with Crippen LogP contribution in [0.2, 0.25) is 0 Å². The zero-order valence-electron chi connectivity index (χ0n) is 12.3. The summed E-state index contributed by atoms with van der Waals surface area (Å²) >= 11 is 0.533. The van der Waals surface area contributed by atoms with Gasteiger partial charge in [0.15, 0.2) is 0 Å². The molecule has 0 atom stereocenters. The molecule has 0 saturated carbocycles. The maximum Gasteiger partial charge on any atom is 0.346 e. The van der Waals surface area contributed by atoms with Crippen molar-refractivity contribution in [3.63, 3.8) is 0 Å². The van der Waals surface area contributed by atoms with Gasteiger partial charge in [-0.15, -0.1) is 11.3 Å². The van der Waals surface area contributed by atoms with Crippen molar-refractivity contribution in [3.8, 4) is 6.07 Å². The summed E-state index contributed by atoms with van der Waals surface area (Å²) in [6, 6.07) is 1.69. The Balaban J connectivity index is 3.49. The van der Waals surface area contributed by atoms with Crippen molar-refractivity contribution < 1.29 is 39.2 Å². The number of nitrogens with zero attached hydrogens (tertiary/aromatic N) is 2. The van der Waals surface area contributed by atoms with E-state index in [4.69, 9.17) is 10.2 Å². The summed E-state index contributed by atoms with van der Waals surface area (Å²) in [5.74, 6) is -4.93. The molecule has 0 saturated heterocycles. The first-order chi connectivity index (χ1) is 11.2. The molecule has 24 heavy (non-hydrogen) atoms. The number of aliphatic carboxylic acids is 2. The van der Waals surface area contributed by atoms with E-state index in [9.17, 15) is 29.5 Å². The Morgan fingerprint density at radius 2 is 1.79 bits per heavy atom. The van der Waals surface area contributed by atoms with Gasteiger partial charge >= 0.3 is 23.9 Å². The van der Waals surface area contributed by atoms with Crippen molar-refractivity contribution in [1.82, 2.24) is 0 Å². The Morgan fingerprint density at radius 1 is 1.17 bits per heavy atom. The van der Waals surface area contributed by atoms with Gasteiger partial charge in [0, 0.05) is 5.56 Å². The summed E-state index contributed by atoms with van der Waals surface area (Å²) in [6.07, 6.45) is -0.722. The van der Waals surface area contributed by atoms with Crippen molar-refractivity contribution >= 4 is 40.2 Å². The SMILES string of the molecule is COC(=O)CN(CC(=O)O)c1sc(C(=O)O)c(CC(=O)O)c1C#N. The summed E-state index contributed by atoms with van der Waals surface area (Å²) < 4.78 is 4.44. The number of carboxylic acids is 3. The van der Waals surface area contributed by atoms with Crippen molar-refractivity contribution in [1.29, 1.82) is 5.26 Å². The summed E-state index contributed by atoms with van der Waals surface area (Å²) in [5.41, 5.74) is -0.525. The molecule has 0 radical (unpaired) electrons. The predicted octanol–water partition coefficient (Wildman–Crippen LogP) is 0.00908. The number of rotatable bonds is 8. The number of hydrogen-bond acceptors (Lipinski definition) is 8. The standard InChI is InChI=1S/C13H12N2O8S/c1-23-10(20)5-15(4-9(18)19)12-7(3-14)6(2-8(16)17)11(24-12)13(21)22/h2,4-5H2,1H3,(H,16,17)(H,18,19)(H,21,22). The number of esters is 1. The number of carbonyl (C=O) groups excluding carboxylic acids is 1. The third-order valence-electron chi connectivity index (χ3n) is 2.78. The number of anilines is 1. The molecule has 1 aromatic rings. The average molecular weight is 356 g/mol. The molecule has 0 bridgehead atoms. The van der Waals surface area contributed by atoms with E-state index in [1.807, 2.05) is 0 Å². The van der Waals surface area contributed by atoms with Gasteiger partial charge in [0.25, 0.3) is 0 Å². The number of ether oxygens (including phenoxy) is 1. The van der Waals surface area contributed by atoms with Crippen LogP contribution < -0.4 is 4.90 Å². The van der Waals surface area contributed by atoms with Crippen LogP contribution in [0.25, 0.3) is 0 Å². The normalized spacial score (nSPS) is 9.83. The second kappa shape index (κ2) is 7.93. The molecule has 0 fully saturated rings. The van der Waals surface area contributed by atoms with Crippen molar-refractivity contribution in [2.75, 3.05) is 25.1 Å². The van der Waals surface area contributed by atoms with Gasteiger partial charge in [0.1, 0.15) is 29.0 Å². The molecule has 1 aromatic heterocycles. The molecule has 0 spiro atoms. The average Bonchev–Trinajstić information content (AvgIpc) is 2.83. The monoisotopic (exact) mass is 356 g/mol. The fourth-order valence-electron chi connectivity index (χ4n) is 1.87. The van der Waals surface area contributed by atoms with E-state index in [1.165, 1.54) is 0 Å². The van der Waals surface area contributed by atoms with Crippen LogP contribution in [-0.4, -0.2) is 59.4 Å². The molecule has 3 N–H and O–H groups in total. The first kappa shape index (κ1) is 18.9. The molecular weight excluding hydrogens is 344 g/mol. The van der Waals surface area contributed by atoms with Crippen LogP contribution in [0.15, 0.2) is 0 Å². The van der Waals surface area contributed by atoms with Crippen LogP contribution in [-0.2, 0) is 25.5 Å². The van der Waals surface area contributed by atoms with Crippen LogP contribution >= 0.6 is 11.3 Å². The van der Waals surface area contributed by atoms with E-state index in [-0.39, 0.29) is 16.1 Å². The topological polar surface area (TPSA) is 165 Å². The number of methoxy groups -OCH3 is 1. The minimum Gasteiger partial charge on any atom is -0.481 e. The Kier molecular flexibility index (Phi) is 6.25. The van der Waals surface area contributed by atoms with Crippen molar-refractivity contribution in [2.45, 2.75) is 6.42 Å². The molecule has 0 aliphatic heterocycles. The highest BCUT2D eigenvalue weighted by molar-refractivity contribution is 7.18. The van der Waals surface area contributed by atoms with Crippen molar-refractivity contribution in [2.24, 2.45) is 0 Å². The van der Waals surface area contributed by atoms with E-state index in [0.717, 1.165) is 12.0 Å². The van der Waals surface area contributed by atoms with Crippen LogP contribution in [0.5, 0.6) is 0 Å². The number of carboxylic acid groups (broad SMARTS) is 3. The lowest BCUT2D eigenvalue weighted by Crippen LogP contribution is -2.35. The minimum absolute atomic E-state index is 0.112. The first-order valence-corrected chi connectivity index (χ1v) is 7.07. The maximum absolute atomic E-state index is 11.4. The lowest BCUT2D eigenvalue weighted by Gasteiger charge is -2.19. The highest BCUT2D eigenvalue weighted by Crippen LogP contribution is 2.36. The minimum atomic E-state index is -1.45. The summed E-state index contributed by atoms with van der Waals surface area (Å²) in [7, 11) is 1.08. The second-order valence-electron chi connectivity index (χ2n) is 4.40. The summed E-state index contributed by atoms with van der Waals surface area (Å²) in [6.45, 7) is -1.24. The molecule has 0 amide bonds. The number of thiophene rings is 1. The molecule has 0 aliphatic carbocycles. The van der Waals surface area contributed by atoms with Crippen LogP contribution in [0.4, 0.5) is 5.00 Å². The fourth-order valence-corrected chi connectivity index (χ4v) is 2.97. The van der Waals surface area contributed by atoms with E-state index >= 15 is 0 Å². The fraction of sp³-hybridized carbons (Fsp3) is 0.308. The van der Waals surface area contributed by atoms with Gasteiger partial charge in [-0.2, -0.15) is 5.26 Å². The molecule has 10 nitrogen and oxygen atoms in total. The van der Waals surface area contributed by atoms with Gasteiger partial charge in [-0.25, -0.2) is 4.79 Å². The quantitative estimate of drug-likeness (QED) is 0.540. The third-order valence-corrected chi connectivity index (χ3v) is 4.06. The molecule has 11 heteroatoms. The van der Waals surface area contributed by atoms with Gasteiger partial charge in [-0.3, -0.25) is 14.4 Å². The van der Waals surface area contributed by atoms with E-state index < -0.39 is 48.3 Å². The molecule has 0 aliphatic rings. The lowest BCUT2D eigenvalue weighted by molar-refractivity contribution is -0.139. The highest BCUT2D eigenvalue weighted by Gasteiger charge is 2.29. The molecule has 0 unspecified atom stereocenters. The smallest absolute Gasteiger partial charge is 0.346 e. The van der Waals surface area contributed by atoms with Crippen LogP contribution in [0.3, 0.4) is 0 Å². The van der Waals surface area contributed by atoms with Gasteiger partial charge in [-0.05, 0) is 0 Å². The molecule has 128 valence electrons. The zero-order valence-corrected chi connectivity index (χ0v) is 13.1. The number of aromatic carboxylic acids is 1. The van der Waals surface area contributed by atoms with E-state index in [1.54, 1.807) is 6.07 Å². The Labute approximate surface area is 139 Å². The molecule has 1 heterocycles. The molecule has 1 rings (SSSR count). The number of carbonyl (C=O) groups is 4. The van der Waals surface area contributed by atoms with Gasteiger partial charge in [-0.1, -0.05) is 0 Å². The van der Waals surface area contributed by atoms with Gasteiger partial charge < -0.3 is 25.0 Å². The van der Waals surface area contributed by atoms with Crippen LogP contribution in [0, 0.1) is 11.3 Å². The van der Waals surface area contributed by atoms with E-state index in [2.05, 4.69) is 4.74 Å². The Morgan fingerprint density at radius 3 is 2.21 bits per heavy atom. The van der Waals surface area contributed by atoms with Gasteiger partial charge in [0.05, 0.1) is 19.1 Å². The Hall–Kier alpha value is -3.13. The van der Waals surface area contributed by atoms with Crippen LogP contribution in [0.1, 0.15) is 20.8 Å². The predicted molar refractivity (Wildman–Crippen MR) is 79.2 cm³/mol. The first-order valence-electron chi connectivity index (χ1n) is 6.25. The maximum atomic E-state index is 11.4. The Bertz CT molecular complexity index is 733.